The van der Waals surface area contributed by atoms with Gasteiger partial charge in [0.05, 0.1) is 23.9 Å². The van der Waals surface area contributed by atoms with Gasteiger partial charge in [-0.05, 0) is 91.1 Å². The number of carbonyl (C=O) groups excluding carboxylic acids is 1. The number of imidazole rings is 1. The first-order chi connectivity index (χ1) is 22.6. The summed E-state index contributed by atoms with van der Waals surface area (Å²) in [5.41, 5.74) is 11.5. The van der Waals surface area contributed by atoms with Gasteiger partial charge in [-0.2, -0.15) is 13.2 Å². The SMILES string of the molecule is COc1cc(C(=O)N2C[C@H]3CC[C@H]2C3N)cc2nc(-c3cc4cc(C=Cc5ccc(C(F)(F)F)cc5)ccc4n3CC3CC3)n(C)c12. The Labute approximate surface area is 270 Å². The number of hydrogen-bond acceptors (Lipinski definition) is 4. The summed E-state index contributed by atoms with van der Waals surface area (Å²) in [7, 11) is 3.59. The van der Waals surface area contributed by atoms with Crippen LogP contribution in [0.15, 0.2) is 60.7 Å². The summed E-state index contributed by atoms with van der Waals surface area (Å²) in [6.45, 7) is 1.57. The van der Waals surface area contributed by atoms with Gasteiger partial charge in [-0.15, -0.1) is 0 Å². The number of piperidine rings is 1. The maximum absolute atomic E-state index is 13.7. The molecular weight excluding hydrogens is 603 g/mol. The molecule has 2 aliphatic carbocycles. The average molecular weight is 640 g/mol. The van der Waals surface area contributed by atoms with E-state index in [-0.39, 0.29) is 18.0 Å². The van der Waals surface area contributed by atoms with E-state index in [2.05, 4.69) is 22.8 Å². The van der Waals surface area contributed by atoms with Gasteiger partial charge in [-0.25, -0.2) is 4.98 Å². The predicted octanol–water partition coefficient (Wildman–Crippen LogP) is 7.36. The zero-order valence-corrected chi connectivity index (χ0v) is 26.3. The lowest BCUT2D eigenvalue weighted by Crippen LogP contribution is -2.41. The molecule has 2 saturated carbocycles. The summed E-state index contributed by atoms with van der Waals surface area (Å²) in [6.07, 6.45) is 3.78. The second kappa shape index (κ2) is 11.0. The highest BCUT2D eigenvalue weighted by Crippen LogP contribution is 2.40. The number of aromatic nitrogens is 3. The van der Waals surface area contributed by atoms with Crippen molar-refractivity contribution in [2.45, 2.75) is 50.5 Å². The number of amides is 1. The number of halogens is 3. The van der Waals surface area contributed by atoms with Crippen LogP contribution in [0.2, 0.25) is 0 Å². The minimum Gasteiger partial charge on any atom is -0.494 e. The van der Waals surface area contributed by atoms with Crippen LogP contribution in [0.25, 0.3) is 45.6 Å². The van der Waals surface area contributed by atoms with Gasteiger partial charge in [0.25, 0.3) is 5.91 Å². The third kappa shape index (κ3) is 5.19. The van der Waals surface area contributed by atoms with Crippen LogP contribution in [0.5, 0.6) is 5.75 Å². The molecule has 1 unspecified atom stereocenters. The zero-order valence-electron chi connectivity index (χ0n) is 26.3. The van der Waals surface area contributed by atoms with E-state index in [0.29, 0.717) is 40.8 Å². The van der Waals surface area contributed by atoms with Gasteiger partial charge in [0.2, 0.25) is 0 Å². The van der Waals surface area contributed by atoms with Gasteiger partial charge < -0.3 is 24.5 Å². The van der Waals surface area contributed by atoms with Crippen molar-refractivity contribution in [2.75, 3.05) is 13.7 Å². The normalized spacial score (nSPS) is 21.1. The van der Waals surface area contributed by atoms with Crippen LogP contribution in [0.1, 0.15) is 52.7 Å². The van der Waals surface area contributed by atoms with E-state index in [1.165, 1.54) is 25.0 Å². The monoisotopic (exact) mass is 639 g/mol. The second-order valence-electron chi connectivity index (χ2n) is 13.3. The molecule has 242 valence electrons. The highest BCUT2D eigenvalue weighted by atomic mass is 19.4. The summed E-state index contributed by atoms with van der Waals surface area (Å²) in [6, 6.07) is 17.4. The van der Waals surface area contributed by atoms with E-state index in [4.69, 9.17) is 15.5 Å². The molecular formula is C37H36F3N5O2. The van der Waals surface area contributed by atoms with Crippen LogP contribution in [-0.4, -0.2) is 50.7 Å². The third-order valence-corrected chi connectivity index (χ3v) is 10.3. The molecule has 2 N–H and O–H groups in total. The summed E-state index contributed by atoms with van der Waals surface area (Å²) >= 11 is 0. The number of likely N-dealkylation sites (tertiary alicyclic amines) is 1. The van der Waals surface area contributed by atoms with Crippen LogP contribution in [0.4, 0.5) is 13.2 Å². The lowest BCUT2D eigenvalue weighted by molar-refractivity contribution is -0.137. The van der Waals surface area contributed by atoms with Gasteiger partial charge in [-0.3, -0.25) is 4.79 Å². The number of fused-ring (bicyclic) bond motifs is 4. The fourth-order valence-corrected chi connectivity index (χ4v) is 7.58. The van der Waals surface area contributed by atoms with Gasteiger partial charge in [0.1, 0.15) is 11.3 Å². The Balaban J connectivity index is 1.16. The first-order valence-corrected chi connectivity index (χ1v) is 16.2. The largest absolute Gasteiger partial charge is 0.494 e. The van der Waals surface area contributed by atoms with E-state index < -0.39 is 11.7 Å². The molecule has 3 atom stereocenters. The number of hydrogen-bond donors (Lipinski definition) is 1. The number of aryl methyl sites for hydroxylation is 1. The molecule has 1 saturated heterocycles. The lowest BCUT2D eigenvalue weighted by Gasteiger charge is -2.27. The Hall–Kier alpha value is -4.57. The Kier molecular flexibility index (Phi) is 6.98. The molecule has 3 aromatic carbocycles. The first-order valence-electron chi connectivity index (χ1n) is 16.2. The number of rotatable bonds is 7. The molecule has 2 aromatic heterocycles. The number of benzene rings is 3. The number of alkyl halides is 3. The van der Waals surface area contributed by atoms with E-state index in [0.717, 1.165) is 65.0 Å². The smallest absolute Gasteiger partial charge is 0.416 e. The second-order valence-corrected chi connectivity index (χ2v) is 13.3. The van der Waals surface area contributed by atoms with Crippen LogP contribution >= 0.6 is 0 Å². The summed E-state index contributed by atoms with van der Waals surface area (Å²) in [4.78, 5) is 20.7. The van der Waals surface area contributed by atoms with Crippen LogP contribution in [0, 0.1) is 11.8 Å². The minimum absolute atomic E-state index is 0.0280. The molecule has 3 heterocycles. The van der Waals surface area contributed by atoms with Crippen molar-refractivity contribution in [3.05, 3.63) is 82.9 Å². The van der Waals surface area contributed by atoms with Crippen molar-refractivity contribution in [1.29, 1.82) is 0 Å². The minimum atomic E-state index is -4.36. The van der Waals surface area contributed by atoms with Crippen molar-refractivity contribution >= 4 is 40.0 Å². The molecule has 10 heteroatoms. The van der Waals surface area contributed by atoms with Gasteiger partial charge in [0.15, 0.2) is 5.82 Å². The molecule has 1 amide bonds. The molecule has 3 fully saturated rings. The quantitative estimate of drug-likeness (QED) is 0.189. The summed E-state index contributed by atoms with van der Waals surface area (Å²) in [5, 5.41) is 1.05. The van der Waals surface area contributed by atoms with Gasteiger partial charge in [-0.1, -0.05) is 30.4 Å². The van der Waals surface area contributed by atoms with Crippen molar-refractivity contribution in [2.24, 2.45) is 24.6 Å². The Morgan fingerprint density at radius 3 is 2.40 bits per heavy atom. The number of methoxy groups -OCH3 is 1. The van der Waals surface area contributed by atoms with E-state index in [1.807, 2.05) is 46.9 Å². The Morgan fingerprint density at radius 1 is 1.00 bits per heavy atom. The van der Waals surface area contributed by atoms with Crippen molar-refractivity contribution in [1.82, 2.24) is 19.0 Å². The molecule has 5 aromatic rings. The number of carbonyl (C=O) groups is 1. The van der Waals surface area contributed by atoms with Crippen molar-refractivity contribution in [3.63, 3.8) is 0 Å². The fourth-order valence-electron chi connectivity index (χ4n) is 7.58. The van der Waals surface area contributed by atoms with Crippen LogP contribution in [0.3, 0.4) is 0 Å². The molecule has 1 aliphatic heterocycles. The lowest BCUT2D eigenvalue weighted by atomic mass is 10.1. The Bertz CT molecular complexity index is 2050. The number of ether oxygens (including phenoxy) is 1. The standard InChI is InChI=1S/C37H36F3N5O2/c1-43-34-28(16-26(18-32(34)47-2)36(46)45-20-24-10-14-30(45)33(24)41)42-35(43)31-17-25-15-22(9-13-29(25)44(31)19-23-5-6-23)4-3-21-7-11-27(12-8-21)37(38,39)40/h3-4,7-9,11-13,15-18,23-24,30,33H,5-6,10,14,19-20,41H2,1-2H3/t24-,30+,33?/m1/s1. The molecule has 8 rings (SSSR count). The molecule has 0 spiro atoms. The molecule has 3 aliphatic rings. The van der Waals surface area contributed by atoms with E-state index >= 15 is 0 Å². The highest BCUT2D eigenvalue weighted by molar-refractivity contribution is 6.00. The topological polar surface area (TPSA) is 78.3 Å². The number of nitrogens with two attached hydrogens (primary N) is 1. The average Bonchev–Trinajstić information content (AvgIpc) is 3.46. The fraction of sp³-hybridized carbons (Fsp3) is 0.351. The Morgan fingerprint density at radius 2 is 1.74 bits per heavy atom. The zero-order chi connectivity index (χ0) is 32.6. The van der Waals surface area contributed by atoms with Crippen LogP contribution in [-0.2, 0) is 19.8 Å². The number of nitrogens with zero attached hydrogens (tertiary/aromatic N) is 4. The summed E-state index contributed by atoms with van der Waals surface area (Å²) in [5.74, 6) is 2.33. The molecule has 0 radical (unpaired) electrons. The maximum Gasteiger partial charge on any atom is 0.416 e. The summed E-state index contributed by atoms with van der Waals surface area (Å²) < 4.78 is 49.1. The third-order valence-electron chi connectivity index (χ3n) is 10.3. The highest BCUT2D eigenvalue weighted by Gasteiger charge is 2.47. The van der Waals surface area contributed by atoms with Gasteiger partial charge >= 0.3 is 6.18 Å². The maximum atomic E-state index is 13.7. The van der Waals surface area contributed by atoms with Crippen molar-refractivity contribution in [3.8, 4) is 17.3 Å². The molecule has 47 heavy (non-hydrogen) atoms. The first kappa shape index (κ1) is 29.8. The van der Waals surface area contributed by atoms with Crippen molar-refractivity contribution < 1.29 is 22.7 Å². The van der Waals surface area contributed by atoms with Gasteiger partial charge in [0, 0.05) is 48.7 Å². The molecule has 7 nitrogen and oxygen atoms in total. The molecule has 2 bridgehead atoms. The van der Waals surface area contributed by atoms with Crippen LogP contribution < -0.4 is 10.5 Å². The van der Waals surface area contributed by atoms with E-state index in [1.54, 1.807) is 7.11 Å². The van der Waals surface area contributed by atoms with E-state index in [9.17, 15) is 18.0 Å². The predicted molar refractivity (Wildman–Crippen MR) is 177 cm³/mol.